The Morgan fingerprint density at radius 1 is 1.11 bits per heavy atom. The summed E-state index contributed by atoms with van der Waals surface area (Å²) in [6.07, 6.45) is 2.06. The summed E-state index contributed by atoms with van der Waals surface area (Å²) >= 11 is 0. The molecule has 1 heterocycles. The standard InChI is InChI=1S/C22H28N2O3S/c1-17-8-7-11-23(15-17)22(25)16-24(20-13-18(2)12-19(3)14-20)28(26,27)21-9-5-4-6-10-21/h4-6,9-10,12-14,17H,7-8,11,15-16H2,1-3H3/t17-/m0/s1. The monoisotopic (exact) mass is 400 g/mol. The van der Waals surface area contributed by atoms with Crippen LogP contribution in [0.3, 0.4) is 0 Å². The van der Waals surface area contributed by atoms with Gasteiger partial charge in [0.1, 0.15) is 6.54 Å². The Kier molecular flexibility index (Phi) is 6.08. The molecule has 2 aromatic rings. The smallest absolute Gasteiger partial charge is 0.264 e. The molecular formula is C22H28N2O3S. The lowest BCUT2D eigenvalue weighted by Crippen LogP contribution is -2.46. The molecule has 5 nitrogen and oxygen atoms in total. The topological polar surface area (TPSA) is 57.7 Å². The summed E-state index contributed by atoms with van der Waals surface area (Å²) in [5.74, 6) is 0.295. The molecule has 1 amide bonds. The Morgan fingerprint density at radius 2 is 1.75 bits per heavy atom. The van der Waals surface area contributed by atoms with Crippen molar-refractivity contribution in [3.8, 4) is 0 Å². The van der Waals surface area contributed by atoms with Gasteiger partial charge in [-0.25, -0.2) is 8.42 Å². The van der Waals surface area contributed by atoms with Gasteiger partial charge in [0, 0.05) is 13.1 Å². The summed E-state index contributed by atoms with van der Waals surface area (Å²) in [5.41, 5.74) is 2.45. The van der Waals surface area contributed by atoms with Crippen LogP contribution in [0.4, 0.5) is 5.69 Å². The van der Waals surface area contributed by atoms with Crippen LogP contribution >= 0.6 is 0 Å². The maximum Gasteiger partial charge on any atom is 0.264 e. The Morgan fingerprint density at radius 3 is 2.36 bits per heavy atom. The van der Waals surface area contributed by atoms with Crippen molar-refractivity contribution < 1.29 is 13.2 Å². The second-order valence-electron chi connectivity index (χ2n) is 7.76. The molecule has 0 bridgehead atoms. The fraction of sp³-hybridized carbons (Fsp3) is 0.409. The van der Waals surface area contributed by atoms with E-state index < -0.39 is 10.0 Å². The molecule has 3 rings (SSSR count). The molecule has 0 unspecified atom stereocenters. The fourth-order valence-electron chi connectivity index (χ4n) is 3.77. The predicted octanol–water partition coefficient (Wildman–Crippen LogP) is 3.76. The average Bonchev–Trinajstić information content (AvgIpc) is 2.65. The van der Waals surface area contributed by atoms with Crippen molar-refractivity contribution in [2.24, 2.45) is 5.92 Å². The van der Waals surface area contributed by atoms with Crippen molar-refractivity contribution in [3.05, 3.63) is 59.7 Å². The minimum atomic E-state index is -3.85. The number of anilines is 1. The molecule has 1 aliphatic rings. The van der Waals surface area contributed by atoms with Gasteiger partial charge in [0.25, 0.3) is 10.0 Å². The second kappa shape index (κ2) is 8.35. The molecule has 0 aromatic heterocycles. The van der Waals surface area contributed by atoms with Crippen LogP contribution in [0.2, 0.25) is 0 Å². The van der Waals surface area contributed by atoms with Gasteiger partial charge in [-0.2, -0.15) is 0 Å². The molecule has 1 saturated heterocycles. The van der Waals surface area contributed by atoms with E-state index in [-0.39, 0.29) is 17.3 Å². The molecule has 28 heavy (non-hydrogen) atoms. The molecule has 0 saturated carbocycles. The van der Waals surface area contributed by atoms with Crippen LogP contribution in [-0.2, 0) is 14.8 Å². The number of rotatable bonds is 5. The first-order valence-electron chi connectivity index (χ1n) is 9.71. The number of aryl methyl sites for hydroxylation is 2. The normalized spacial score (nSPS) is 17.4. The minimum absolute atomic E-state index is 0.148. The summed E-state index contributed by atoms with van der Waals surface area (Å²) < 4.78 is 28.0. The number of nitrogens with zero attached hydrogens (tertiary/aromatic N) is 2. The highest BCUT2D eigenvalue weighted by Gasteiger charge is 2.30. The number of amides is 1. The fourth-order valence-corrected chi connectivity index (χ4v) is 5.19. The maximum atomic E-state index is 13.4. The van der Waals surface area contributed by atoms with E-state index in [9.17, 15) is 13.2 Å². The predicted molar refractivity (Wildman–Crippen MR) is 112 cm³/mol. The zero-order valence-electron chi connectivity index (χ0n) is 16.8. The highest BCUT2D eigenvalue weighted by molar-refractivity contribution is 7.92. The minimum Gasteiger partial charge on any atom is -0.341 e. The van der Waals surface area contributed by atoms with E-state index in [4.69, 9.17) is 0 Å². The molecule has 0 N–H and O–H groups in total. The molecule has 150 valence electrons. The van der Waals surface area contributed by atoms with Gasteiger partial charge in [-0.15, -0.1) is 0 Å². The van der Waals surface area contributed by atoms with Gasteiger partial charge in [0.2, 0.25) is 5.91 Å². The Hall–Kier alpha value is -2.34. The summed E-state index contributed by atoms with van der Waals surface area (Å²) in [6.45, 7) is 7.17. The molecule has 0 aliphatic carbocycles. The Labute approximate surface area is 168 Å². The summed E-state index contributed by atoms with van der Waals surface area (Å²) in [6, 6.07) is 13.9. The van der Waals surface area contributed by atoms with Crippen LogP contribution in [-0.4, -0.2) is 38.9 Å². The van der Waals surface area contributed by atoms with Gasteiger partial charge >= 0.3 is 0 Å². The van der Waals surface area contributed by atoms with Crippen molar-refractivity contribution in [3.63, 3.8) is 0 Å². The third-order valence-electron chi connectivity index (χ3n) is 5.11. The van der Waals surface area contributed by atoms with E-state index in [0.717, 1.165) is 24.0 Å². The van der Waals surface area contributed by atoms with Gasteiger partial charge in [0.15, 0.2) is 0 Å². The molecule has 6 heteroatoms. The molecular weight excluding hydrogens is 372 g/mol. The highest BCUT2D eigenvalue weighted by atomic mass is 32.2. The summed E-state index contributed by atoms with van der Waals surface area (Å²) in [7, 11) is -3.85. The van der Waals surface area contributed by atoms with Crippen molar-refractivity contribution in [1.82, 2.24) is 4.90 Å². The SMILES string of the molecule is Cc1cc(C)cc(N(CC(=O)N2CCC[C@H](C)C2)S(=O)(=O)c2ccccc2)c1. The van der Waals surface area contributed by atoms with E-state index in [0.29, 0.717) is 24.7 Å². The molecule has 0 radical (unpaired) electrons. The number of likely N-dealkylation sites (tertiary alicyclic amines) is 1. The lowest BCUT2D eigenvalue weighted by Gasteiger charge is -2.33. The van der Waals surface area contributed by atoms with E-state index in [1.165, 1.54) is 4.31 Å². The van der Waals surface area contributed by atoms with Gasteiger partial charge < -0.3 is 4.90 Å². The van der Waals surface area contributed by atoms with Crippen LogP contribution in [0, 0.1) is 19.8 Å². The van der Waals surface area contributed by atoms with Crippen molar-refractivity contribution >= 4 is 21.6 Å². The van der Waals surface area contributed by atoms with Gasteiger partial charge in [-0.05, 0) is 68.0 Å². The number of hydrogen-bond donors (Lipinski definition) is 0. The molecule has 1 aliphatic heterocycles. The number of carbonyl (C=O) groups excluding carboxylic acids is 1. The largest absolute Gasteiger partial charge is 0.341 e. The Balaban J connectivity index is 1.98. The number of piperidine rings is 1. The molecule has 0 spiro atoms. The van der Waals surface area contributed by atoms with Gasteiger partial charge in [-0.1, -0.05) is 31.2 Å². The second-order valence-corrected chi connectivity index (χ2v) is 9.62. The van der Waals surface area contributed by atoms with Crippen LogP contribution in [0.15, 0.2) is 53.4 Å². The lowest BCUT2D eigenvalue weighted by molar-refractivity contribution is -0.131. The van der Waals surface area contributed by atoms with Gasteiger partial charge in [-0.3, -0.25) is 9.10 Å². The number of sulfonamides is 1. The summed E-state index contributed by atoms with van der Waals surface area (Å²) in [5, 5.41) is 0. The van der Waals surface area contributed by atoms with Crippen molar-refractivity contribution in [1.29, 1.82) is 0 Å². The van der Waals surface area contributed by atoms with Crippen molar-refractivity contribution in [2.45, 2.75) is 38.5 Å². The first-order valence-corrected chi connectivity index (χ1v) is 11.2. The van der Waals surface area contributed by atoms with E-state index >= 15 is 0 Å². The average molecular weight is 401 g/mol. The van der Waals surface area contributed by atoms with E-state index in [1.807, 2.05) is 32.0 Å². The lowest BCUT2D eigenvalue weighted by atomic mass is 10.0. The third-order valence-corrected chi connectivity index (χ3v) is 6.90. The molecule has 2 aromatic carbocycles. The number of benzene rings is 2. The van der Waals surface area contributed by atoms with E-state index in [1.54, 1.807) is 35.2 Å². The zero-order chi connectivity index (χ0) is 20.3. The Bertz CT molecular complexity index is 921. The van der Waals surface area contributed by atoms with Crippen LogP contribution < -0.4 is 4.31 Å². The maximum absolute atomic E-state index is 13.4. The number of carbonyl (C=O) groups is 1. The van der Waals surface area contributed by atoms with Crippen LogP contribution in [0.5, 0.6) is 0 Å². The molecule has 1 atom stereocenters. The van der Waals surface area contributed by atoms with Crippen LogP contribution in [0.1, 0.15) is 30.9 Å². The van der Waals surface area contributed by atoms with Crippen LogP contribution in [0.25, 0.3) is 0 Å². The third kappa shape index (κ3) is 4.55. The van der Waals surface area contributed by atoms with Gasteiger partial charge in [0.05, 0.1) is 10.6 Å². The number of hydrogen-bond acceptors (Lipinski definition) is 3. The first-order chi connectivity index (χ1) is 13.3. The first kappa shape index (κ1) is 20.4. The zero-order valence-corrected chi connectivity index (χ0v) is 17.6. The highest BCUT2D eigenvalue weighted by Crippen LogP contribution is 2.26. The van der Waals surface area contributed by atoms with E-state index in [2.05, 4.69) is 6.92 Å². The summed E-state index contributed by atoms with van der Waals surface area (Å²) in [4.78, 5) is 15.0. The quantitative estimate of drug-likeness (QED) is 0.768. The van der Waals surface area contributed by atoms with Crippen molar-refractivity contribution in [2.75, 3.05) is 23.9 Å². The molecule has 1 fully saturated rings.